The lowest BCUT2D eigenvalue weighted by molar-refractivity contribution is -0.121. The third-order valence-corrected chi connectivity index (χ3v) is 6.14. The fourth-order valence-electron chi connectivity index (χ4n) is 3.11. The molecule has 1 saturated heterocycles. The summed E-state index contributed by atoms with van der Waals surface area (Å²) >= 11 is 0. The second-order valence-electron chi connectivity index (χ2n) is 6.49. The van der Waals surface area contributed by atoms with Crippen LogP contribution in [0.1, 0.15) is 18.1 Å². The fourth-order valence-corrected chi connectivity index (χ4v) is 3.91. The molecule has 1 fully saturated rings. The van der Waals surface area contributed by atoms with Gasteiger partial charge in [0.1, 0.15) is 0 Å². The van der Waals surface area contributed by atoms with E-state index in [-0.39, 0.29) is 24.2 Å². The standard InChI is InChI=1S/C16H23N3O3S.ClH/c1-11(13-8-17-9-13)16(20)18-15-5-3-4-12-10-19(23(2,21)22)7-6-14(12)15;/h3-5,11,13,17H,6-10H2,1-2H3,(H,18,20);1H. The molecular weight excluding hydrogens is 350 g/mol. The molecule has 0 spiro atoms. The fraction of sp³-hybridized carbons (Fsp3) is 0.562. The molecule has 0 aliphatic carbocycles. The first-order valence-corrected chi connectivity index (χ1v) is 9.78. The van der Waals surface area contributed by atoms with Crippen LogP contribution in [0.25, 0.3) is 0 Å². The van der Waals surface area contributed by atoms with Gasteiger partial charge in [-0.2, -0.15) is 4.31 Å². The molecule has 0 radical (unpaired) electrons. The zero-order valence-electron chi connectivity index (χ0n) is 13.9. The van der Waals surface area contributed by atoms with Crippen molar-refractivity contribution in [1.29, 1.82) is 0 Å². The van der Waals surface area contributed by atoms with Gasteiger partial charge in [0.2, 0.25) is 15.9 Å². The quantitative estimate of drug-likeness (QED) is 0.831. The number of anilines is 1. The van der Waals surface area contributed by atoms with E-state index < -0.39 is 10.0 Å². The molecule has 3 rings (SSSR count). The molecule has 1 aromatic rings. The largest absolute Gasteiger partial charge is 0.326 e. The van der Waals surface area contributed by atoms with E-state index in [2.05, 4.69) is 10.6 Å². The van der Waals surface area contributed by atoms with Crippen LogP contribution in [-0.4, -0.2) is 44.5 Å². The SMILES string of the molecule is CC(C(=O)Nc1cccc2c1CCN(S(C)(=O)=O)C2)C1CNC1.Cl. The maximum absolute atomic E-state index is 12.4. The van der Waals surface area contributed by atoms with Gasteiger partial charge in [0.15, 0.2) is 0 Å². The summed E-state index contributed by atoms with van der Waals surface area (Å²) < 4.78 is 24.9. The van der Waals surface area contributed by atoms with Gasteiger partial charge in [-0.1, -0.05) is 19.1 Å². The molecule has 0 aromatic heterocycles. The lowest BCUT2D eigenvalue weighted by atomic mass is 9.88. The zero-order chi connectivity index (χ0) is 16.6. The van der Waals surface area contributed by atoms with Gasteiger partial charge in [-0.3, -0.25) is 4.79 Å². The van der Waals surface area contributed by atoms with E-state index in [1.165, 1.54) is 10.6 Å². The average molecular weight is 374 g/mol. The molecule has 0 bridgehead atoms. The molecule has 2 aliphatic heterocycles. The normalized spacial score (nSPS) is 19.6. The Kier molecular flexibility index (Phi) is 5.91. The summed E-state index contributed by atoms with van der Waals surface area (Å²) in [6.07, 6.45) is 1.86. The van der Waals surface area contributed by atoms with Gasteiger partial charge in [0.05, 0.1) is 6.26 Å². The minimum atomic E-state index is -3.19. The lowest BCUT2D eigenvalue weighted by Gasteiger charge is -2.32. The second-order valence-corrected chi connectivity index (χ2v) is 8.47. The van der Waals surface area contributed by atoms with E-state index in [1.54, 1.807) is 0 Å². The predicted molar refractivity (Wildman–Crippen MR) is 96.8 cm³/mol. The summed E-state index contributed by atoms with van der Waals surface area (Å²) in [5.74, 6) is 0.411. The molecule has 2 aliphatic rings. The number of hydrogen-bond acceptors (Lipinski definition) is 4. The maximum atomic E-state index is 12.4. The lowest BCUT2D eigenvalue weighted by Crippen LogP contribution is -2.48. The Balaban J connectivity index is 0.00000208. The van der Waals surface area contributed by atoms with Gasteiger partial charge in [0.25, 0.3) is 0 Å². The molecule has 8 heteroatoms. The molecule has 1 aromatic carbocycles. The van der Waals surface area contributed by atoms with Crippen molar-refractivity contribution in [2.24, 2.45) is 11.8 Å². The van der Waals surface area contributed by atoms with Crippen molar-refractivity contribution in [3.63, 3.8) is 0 Å². The minimum absolute atomic E-state index is 0. The van der Waals surface area contributed by atoms with Crippen molar-refractivity contribution < 1.29 is 13.2 Å². The number of amides is 1. The molecule has 134 valence electrons. The number of hydrogen-bond donors (Lipinski definition) is 2. The Hall–Kier alpha value is -1.15. The van der Waals surface area contributed by atoms with Crippen LogP contribution < -0.4 is 10.6 Å². The first-order chi connectivity index (χ1) is 10.9. The highest BCUT2D eigenvalue weighted by atomic mass is 35.5. The first kappa shape index (κ1) is 19.2. The topological polar surface area (TPSA) is 78.5 Å². The van der Waals surface area contributed by atoms with E-state index in [0.29, 0.717) is 25.4 Å². The van der Waals surface area contributed by atoms with Crippen LogP contribution in [0.5, 0.6) is 0 Å². The molecule has 6 nitrogen and oxygen atoms in total. The molecule has 0 saturated carbocycles. The number of carbonyl (C=O) groups is 1. The third-order valence-electron chi connectivity index (χ3n) is 4.89. The smallest absolute Gasteiger partial charge is 0.227 e. The van der Waals surface area contributed by atoms with Crippen LogP contribution in [0.15, 0.2) is 18.2 Å². The Morgan fingerprint density at radius 2 is 2.08 bits per heavy atom. The van der Waals surface area contributed by atoms with Crippen LogP contribution >= 0.6 is 12.4 Å². The summed E-state index contributed by atoms with van der Waals surface area (Å²) in [4.78, 5) is 12.4. The van der Waals surface area contributed by atoms with Crippen LogP contribution in [0, 0.1) is 11.8 Å². The summed E-state index contributed by atoms with van der Waals surface area (Å²) in [5, 5.41) is 6.23. The van der Waals surface area contributed by atoms with Crippen LogP contribution in [0.3, 0.4) is 0 Å². The number of benzene rings is 1. The van der Waals surface area contributed by atoms with Crippen molar-refractivity contribution in [3.05, 3.63) is 29.3 Å². The summed E-state index contributed by atoms with van der Waals surface area (Å²) in [5.41, 5.74) is 2.84. The van der Waals surface area contributed by atoms with Crippen molar-refractivity contribution in [2.45, 2.75) is 19.9 Å². The maximum Gasteiger partial charge on any atom is 0.227 e. The molecule has 24 heavy (non-hydrogen) atoms. The highest BCUT2D eigenvalue weighted by Crippen LogP contribution is 2.28. The zero-order valence-corrected chi connectivity index (χ0v) is 15.5. The number of rotatable bonds is 4. The number of sulfonamides is 1. The van der Waals surface area contributed by atoms with Crippen LogP contribution in [0.4, 0.5) is 5.69 Å². The number of fused-ring (bicyclic) bond motifs is 1. The van der Waals surface area contributed by atoms with Gasteiger partial charge in [-0.05, 0) is 42.6 Å². The molecule has 1 amide bonds. The Labute approximate surface area is 149 Å². The molecule has 2 heterocycles. The second kappa shape index (κ2) is 7.39. The first-order valence-electron chi connectivity index (χ1n) is 7.93. The van der Waals surface area contributed by atoms with E-state index >= 15 is 0 Å². The van der Waals surface area contributed by atoms with E-state index in [0.717, 1.165) is 29.9 Å². The van der Waals surface area contributed by atoms with E-state index in [4.69, 9.17) is 0 Å². The molecular formula is C16H24ClN3O3S. The average Bonchev–Trinajstić information content (AvgIpc) is 2.44. The number of nitrogens with one attached hydrogen (secondary N) is 2. The summed E-state index contributed by atoms with van der Waals surface area (Å²) in [7, 11) is -3.19. The van der Waals surface area contributed by atoms with Crippen molar-refractivity contribution in [2.75, 3.05) is 31.2 Å². The van der Waals surface area contributed by atoms with Gasteiger partial charge >= 0.3 is 0 Å². The molecule has 1 atom stereocenters. The van der Waals surface area contributed by atoms with Gasteiger partial charge in [-0.15, -0.1) is 12.4 Å². The van der Waals surface area contributed by atoms with Crippen LogP contribution in [-0.2, 0) is 27.8 Å². The highest BCUT2D eigenvalue weighted by molar-refractivity contribution is 7.88. The summed E-state index contributed by atoms with van der Waals surface area (Å²) in [6, 6.07) is 5.70. The summed E-state index contributed by atoms with van der Waals surface area (Å²) in [6.45, 7) is 4.58. The molecule has 2 N–H and O–H groups in total. The van der Waals surface area contributed by atoms with Crippen molar-refractivity contribution >= 4 is 34.0 Å². The van der Waals surface area contributed by atoms with E-state index in [9.17, 15) is 13.2 Å². The molecule has 1 unspecified atom stereocenters. The predicted octanol–water partition coefficient (Wildman–Crippen LogP) is 1.22. The third kappa shape index (κ3) is 3.91. The van der Waals surface area contributed by atoms with Gasteiger partial charge in [-0.25, -0.2) is 8.42 Å². The Morgan fingerprint density at radius 1 is 1.38 bits per heavy atom. The minimum Gasteiger partial charge on any atom is -0.326 e. The van der Waals surface area contributed by atoms with Gasteiger partial charge < -0.3 is 10.6 Å². The highest BCUT2D eigenvalue weighted by Gasteiger charge is 2.30. The Bertz CT molecular complexity index is 719. The number of carbonyl (C=O) groups excluding carboxylic acids is 1. The number of halogens is 1. The Morgan fingerprint density at radius 3 is 2.67 bits per heavy atom. The van der Waals surface area contributed by atoms with Crippen molar-refractivity contribution in [1.82, 2.24) is 9.62 Å². The van der Waals surface area contributed by atoms with Crippen molar-refractivity contribution in [3.8, 4) is 0 Å². The van der Waals surface area contributed by atoms with E-state index in [1.807, 2.05) is 25.1 Å². The van der Waals surface area contributed by atoms with Gasteiger partial charge in [0, 0.05) is 24.7 Å². The van der Waals surface area contributed by atoms with Crippen LogP contribution in [0.2, 0.25) is 0 Å². The monoisotopic (exact) mass is 373 g/mol. The number of nitrogens with zero attached hydrogens (tertiary/aromatic N) is 1.